The van der Waals surface area contributed by atoms with Crippen molar-refractivity contribution in [2.24, 2.45) is 0 Å². The summed E-state index contributed by atoms with van der Waals surface area (Å²) in [7, 11) is 0. The topological polar surface area (TPSA) is 26.3 Å². The quantitative estimate of drug-likeness (QED) is 0.121. The Morgan fingerprint density at radius 3 is 0.741 bits per heavy atom. The number of fused-ring (bicyclic) bond motifs is 12. The molecule has 0 saturated heterocycles. The van der Waals surface area contributed by atoms with Crippen molar-refractivity contribution < 1.29 is 8.83 Å². The summed E-state index contributed by atoms with van der Waals surface area (Å²) in [5.41, 5.74) is 30.1. The minimum Gasteiger partial charge on any atom is -0.456 e. The molecule has 0 amide bonds. The maximum atomic E-state index is 6.60. The molecule has 21 aromatic carbocycles. The predicted molar refractivity (Wildman–Crippen MR) is 492 cm³/mol. The lowest BCUT2D eigenvalue weighted by atomic mass is 9.82. The fourth-order valence-corrected chi connectivity index (χ4v) is 18.7. The Balaban J connectivity index is 0.000000141. The van der Waals surface area contributed by atoms with E-state index in [9.17, 15) is 0 Å². The Morgan fingerprint density at radius 1 is 0.112 bits per heavy atom. The number of para-hydroxylation sites is 2. The van der Waals surface area contributed by atoms with Crippen LogP contribution < -0.4 is 0 Å². The summed E-state index contributed by atoms with van der Waals surface area (Å²) >= 11 is 0. The summed E-state index contributed by atoms with van der Waals surface area (Å²) in [4.78, 5) is 0. The summed E-state index contributed by atoms with van der Waals surface area (Å²) in [5, 5.41) is 19.4. The first-order valence-corrected chi connectivity index (χ1v) is 39.9. The third-order valence-electron chi connectivity index (χ3n) is 23.8. The maximum Gasteiger partial charge on any atom is 0.136 e. The van der Waals surface area contributed by atoms with Crippen LogP contribution in [0.15, 0.2) is 446 Å². The average molecular weight is 1470 g/mol. The maximum absolute atomic E-state index is 6.60. The van der Waals surface area contributed by atoms with E-state index in [0.29, 0.717) is 0 Å². The first-order valence-electron chi connectivity index (χ1n) is 39.9. The van der Waals surface area contributed by atoms with E-state index in [1.807, 2.05) is 6.07 Å². The molecule has 0 N–H and O–H groups in total. The zero-order chi connectivity index (χ0) is 76.6. The summed E-state index contributed by atoms with van der Waals surface area (Å²) in [6, 6.07) is 158. The van der Waals surface area contributed by atoms with Gasteiger partial charge in [0.05, 0.1) is 0 Å². The fourth-order valence-electron chi connectivity index (χ4n) is 18.7. The second-order valence-electron chi connectivity index (χ2n) is 30.2. The highest BCUT2D eigenvalue weighted by Crippen LogP contribution is 2.53. The molecule has 0 unspecified atom stereocenters. The minimum atomic E-state index is 0.880. The van der Waals surface area contributed by atoms with Crippen molar-refractivity contribution in [2.45, 2.75) is 0 Å². The Labute approximate surface area is 672 Å². The first kappa shape index (κ1) is 67.7. The van der Waals surface area contributed by atoms with Crippen LogP contribution in [0.5, 0.6) is 0 Å². The van der Waals surface area contributed by atoms with Gasteiger partial charge < -0.3 is 8.83 Å². The molecule has 2 nitrogen and oxygen atoms in total. The number of furan rings is 2. The SMILES string of the molecule is c1ccc(-c2ccc(-c3c(-c4ccc(-c5c6ccccc6c(-c6ccccc6)c6ccccc56)c5ccccc45)ccc4oc5ccccc5c34)cc2)cc1.c1ccc(-c2ccc(-c3c(-c4ccc(-c5c6ccccc6c(-c6ccccc6)c6ccccc56)c5ccccc45)ccc4oc5ccccc5c34)cc2-c2ccccc2)cc1. The van der Waals surface area contributed by atoms with Crippen LogP contribution >= 0.6 is 0 Å². The molecule has 0 aliphatic heterocycles. The highest BCUT2D eigenvalue weighted by atomic mass is 16.3. The molecular weight excluding hydrogens is 1400 g/mol. The van der Waals surface area contributed by atoms with Gasteiger partial charge in [-0.05, 0) is 218 Å². The molecule has 0 bridgehead atoms. The molecule has 2 heterocycles. The Morgan fingerprint density at radius 2 is 0.353 bits per heavy atom. The lowest BCUT2D eigenvalue weighted by Crippen LogP contribution is -1.94. The lowest BCUT2D eigenvalue weighted by molar-refractivity contribution is 0.668. The molecular formula is C114H72O2. The van der Waals surface area contributed by atoms with Crippen LogP contribution in [-0.4, -0.2) is 0 Å². The van der Waals surface area contributed by atoms with Gasteiger partial charge in [-0.3, -0.25) is 0 Å². The molecule has 0 spiro atoms. The zero-order valence-electron chi connectivity index (χ0n) is 63.4. The monoisotopic (exact) mass is 1470 g/mol. The molecule has 0 aliphatic carbocycles. The van der Waals surface area contributed by atoms with Crippen LogP contribution in [0.25, 0.3) is 231 Å². The fraction of sp³-hybridized carbons (Fsp3) is 0. The van der Waals surface area contributed by atoms with Crippen molar-refractivity contribution in [3.05, 3.63) is 437 Å². The van der Waals surface area contributed by atoms with E-state index in [4.69, 9.17) is 8.83 Å². The van der Waals surface area contributed by atoms with Gasteiger partial charge in [0, 0.05) is 32.7 Å². The van der Waals surface area contributed by atoms with Gasteiger partial charge in [0.15, 0.2) is 0 Å². The smallest absolute Gasteiger partial charge is 0.136 e. The van der Waals surface area contributed by atoms with E-state index in [1.54, 1.807) is 0 Å². The number of hydrogen-bond acceptors (Lipinski definition) is 2. The third kappa shape index (κ3) is 11.4. The number of benzene rings is 21. The van der Waals surface area contributed by atoms with Crippen molar-refractivity contribution >= 4 is 109 Å². The average Bonchev–Trinajstić information content (AvgIpc) is 0.902. The molecule has 2 heteroatoms. The molecule has 116 heavy (non-hydrogen) atoms. The van der Waals surface area contributed by atoms with E-state index in [-0.39, 0.29) is 0 Å². The van der Waals surface area contributed by atoms with Crippen LogP contribution in [0.3, 0.4) is 0 Å². The van der Waals surface area contributed by atoms with Crippen LogP contribution in [0, 0.1) is 0 Å². The highest BCUT2D eigenvalue weighted by Gasteiger charge is 2.27. The molecule has 23 aromatic rings. The molecule has 0 radical (unpaired) electrons. The molecule has 23 rings (SSSR count). The highest BCUT2D eigenvalue weighted by molar-refractivity contribution is 6.28. The van der Waals surface area contributed by atoms with E-state index in [0.717, 1.165) is 55.0 Å². The van der Waals surface area contributed by atoms with E-state index in [1.165, 1.54) is 176 Å². The second kappa shape index (κ2) is 28.5. The summed E-state index contributed by atoms with van der Waals surface area (Å²) in [5.74, 6) is 0. The second-order valence-corrected chi connectivity index (χ2v) is 30.2. The van der Waals surface area contributed by atoms with Crippen LogP contribution in [0.4, 0.5) is 0 Å². The summed E-state index contributed by atoms with van der Waals surface area (Å²) in [6.07, 6.45) is 0. The predicted octanol–water partition coefficient (Wildman–Crippen LogP) is 32.4. The molecule has 0 saturated carbocycles. The van der Waals surface area contributed by atoms with E-state index in [2.05, 4.69) is 431 Å². The van der Waals surface area contributed by atoms with Crippen molar-refractivity contribution in [3.8, 4) is 122 Å². The number of hydrogen-bond donors (Lipinski definition) is 0. The van der Waals surface area contributed by atoms with Crippen molar-refractivity contribution in [1.29, 1.82) is 0 Å². The van der Waals surface area contributed by atoms with Gasteiger partial charge in [-0.2, -0.15) is 0 Å². The Kier molecular flexibility index (Phi) is 16.6. The van der Waals surface area contributed by atoms with Crippen LogP contribution in [0.2, 0.25) is 0 Å². The van der Waals surface area contributed by atoms with Gasteiger partial charge >= 0.3 is 0 Å². The Bertz CT molecular complexity index is 7660. The largest absolute Gasteiger partial charge is 0.456 e. The molecule has 0 aliphatic rings. The van der Waals surface area contributed by atoms with E-state index >= 15 is 0 Å². The van der Waals surface area contributed by atoms with Gasteiger partial charge in [0.25, 0.3) is 0 Å². The van der Waals surface area contributed by atoms with Crippen molar-refractivity contribution in [1.82, 2.24) is 0 Å². The third-order valence-corrected chi connectivity index (χ3v) is 23.8. The van der Waals surface area contributed by atoms with Gasteiger partial charge in [0.2, 0.25) is 0 Å². The normalized spacial score (nSPS) is 11.6. The standard InChI is InChI=1S/C60H38O.C54H34O/c1-4-18-39(19-5-1)43-33-32-42(38-54(43)40-20-6-2-7-21-40)58-51(36-37-56-60(58)53-30-16-17-31-55(53)61-56)46-34-35-52(45-25-11-10-24-44(45)46)59-49-28-14-12-26-47(49)57(41-22-8-3-9-23-41)48-27-13-15-29-50(48)59;1-3-15-35(16-4-1)36-27-29-38(30-28-36)52-46(33-34-50-54(52)48-25-13-14-26-49(48)55-50)41-31-32-47(40-20-8-7-19-39(40)41)53-44-23-11-9-21-42(44)51(37-17-5-2-6-18-37)43-22-10-12-24-45(43)53/h1-38H;1-34H. The van der Waals surface area contributed by atoms with Gasteiger partial charge in [-0.1, -0.05) is 394 Å². The van der Waals surface area contributed by atoms with E-state index < -0.39 is 0 Å². The number of rotatable bonds is 11. The Hall–Kier alpha value is -15.2. The first-order chi connectivity index (χ1) is 57.6. The molecule has 540 valence electrons. The van der Waals surface area contributed by atoms with Crippen LogP contribution in [-0.2, 0) is 0 Å². The van der Waals surface area contributed by atoms with Crippen molar-refractivity contribution in [3.63, 3.8) is 0 Å². The molecule has 2 aromatic heterocycles. The van der Waals surface area contributed by atoms with Gasteiger partial charge in [-0.15, -0.1) is 0 Å². The van der Waals surface area contributed by atoms with Gasteiger partial charge in [-0.25, -0.2) is 0 Å². The van der Waals surface area contributed by atoms with Crippen LogP contribution in [0.1, 0.15) is 0 Å². The molecule has 0 fully saturated rings. The molecule has 0 atom stereocenters. The van der Waals surface area contributed by atoms with Crippen molar-refractivity contribution in [2.75, 3.05) is 0 Å². The lowest BCUT2D eigenvalue weighted by Gasteiger charge is -2.21. The summed E-state index contributed by atoms with van der Waals surface area (Å²) in [6.45, 7) is 0. The minimum absolute atomic E-state index is 0.880. The van der Waals surface area contributed by atoms with Gasteiger partial charge in [0.1, 0.15) is 22.3 Å². The zero-order valence-corrected chi connectivity index (χ0v) is 63.4. The summed E-state index contributed by atoms with van der Waals surface area (Å²) < 4.78 is 13.1.